The van der Waals surface area contributed by atoms with Crippen LogP contribution in [0.2, 0.25) is 0 Å². The quantitative estimate of drug-likeness (QED) is 0.771. The molecule has 2 amide bonds. The van der Waals surface area contributed by atoms with Crippen molar-refractivity contribution in [2.45, 2.75) is 26.9 Å². The van der Waals surface area contributed by atoms with Crippen LogP contribution in [0, 0.1) is 5.41 Å². The van der Waals surface area contributed by atoms with E-state index in [-0.39, 0.29) is 18.6 Å². The molecular weight excluding hydrogens is 334 g/mol. The van der Waals surface area contributed by atoms with Gasteiger partial charge in [0.1, 0.15) is 5.41 Å². The van der Waals surface area contributed by atoms with Gasteiger partial charge in [-0.15, -0.1) is 0 Å². The maximum absolute atomic E-state index is 12.5. The lowest BCUT2D eigenvalue weighted by Gasteiger charge is -2.22. The molecule has 2 aromatic rings. The van der Waals surface area contributed by atoms with Crippen LogP contribution in [0.1, 0.15) is 25.0 Å². The average molecular weight is 355 g/mol. The first-order chi connectivity index (χ1) is 12.5. The first kappa shape index (κ1) is 17.7. The summed E-state index contributed by atoms with van der Waals surface area (Å²) in [7, 11) is 0. The van der Waals surface area contributed by atoms with Gasteiger partial charge in [-0.1, -0.05) is 12.1 Å². The van der Waals surface area contributed by atoms with E-state index >= 15 is 0 Å². The van der Waals surface area contributed by atoms with Crippen molar-refractivity contribution in [1.29, 1.82) is 0 Å². The molecule has 136 valence electrons. The molecule has 3 rings (SSSR count). The third kappa shape index (κ3) is 3.93. The van der Waals surface area contributed by atoms with Gasteiger partial charge in [0.15, 0.2) is 11.5 Å². The molecule has 7 heteroatoms. The first-order valence-corrected chi connectivity index (χ1v) is 8.31. The number of pyridine rings is 1. The number of nitrogens with one attached hydrogen (secondary N) is 2. The Morgan fingerprint density at radius 1 is 1.04 bits per heavy atom. The summed E-state index contributed by atoms with van der Waals surface area (Å²) in [6.07, 6.45) is 3.34. The van der Waals surface area contributed by atoms with Crippen LogP contribution in [-0.2, 0) is 22.7 Å². The number of carbonyl (C=O) groups is 2. The van der Waals surface area contributed by atoms with Crippen LogP contribution in [0.4, 0.5) is 0 Å². The molecule has 0 bridgehead atoms. The topological polar surface area (TPSA) is 89.6 Å². The van der Waals surface area contributed by atoms with Crippen LogP contribution in [0.3, 0.4) is 0 Å². The van der Waals surface area contributed by atoms with Gasteiger partial charge in [-0.25, -0.2) is 0 Å². The molecule has 0 saturated heterocycles. The molecule has 1 aromatic heterocycles. The fraction of sp³-hybridized carbons (Fsp3) is 0.316. The molecular formula is C19H21N3O4. The van der Waals surface area contributed by atoms with Crippen molar-refractivity contribution in [3.8, 4) is 11.5 Å². The van der Waals surface area contributed by atoms with Crippen molar-refractivity contribution in [1.82, 2.24) is 15.6 Å². The zero-order valence-corrected chi connectivity index (χ0v) is 14.7. The second-order valence-electron chi connectivity index (χ2n) is 6.54. The number of amides is 2. The molecule has 0 radical (unpaired) electrons. The van der Waals surface area contributed by atoms with Crippen molar-refractivity contribution in [3.63, 3.8) is 0 Å². The summed E-state index contributed by atoms with van der Waals surface area (Å²) < 4.78 is 10.6. The molecule has 2 N–H and O–H groups in total. The largest absolute Gasteiger partial charge is 0.454 e. The highest BCUT2D eigenvalue weighted by Crippen LogP contribution is 2.32. The number of benzene rings is 1. The van der Waals surface area contributed by atoms with E-state index in [9.17, 15) is 9.59 Å². The molecule has 1 aliphatic rings. The Kier molecular flexibility index (Phi) is 5.06. The smallest absolute Gasteiger partial charge is 0.235 e. The number of hydrogen-bond donors (Lipinski definition) is 2. The predicted molar refractivity (Wildman–Crippen MR) is 94.3 cm³/mol. The highest BCUT2D eigenvalue weighted by Gasteiger charge is 2.35. The maximum Gasteiger partial charge on any atom is 0.235 e. The van der Waals surface area contributed by atoms with E-state index in [2.05, 4.69) is 15.6 Å². The molecule has 0 saturated carbocycles. The second kappa shape index (κ2) is 7.43. The van der Waals surface area contributed by atoms with E-state index in [1.165, 1.54) is 0 Å². The Hall–Kier alpha value is -3.09. The molecule has 0 spiro atoms. The molecule has 1 aromatic carbocycles. The number of carbonyl (C=O) groups excluding carboxylic acids is 2. The Labute approximate surface area is 151 Å². The standard InChI is InChI=1S/C19H21N3O4/c1-19(2,18(24)22-11-14-4-3-7-20-9-14)17(23)21-10-13-5-6-15-16(8-13)26-12-25-15/h3-9H,10-12H2,1-2H3,(H,21,23)(H,22,24). The van der Waals surface area contributed by atoms with Gasteiger partial charge in [0.2, 0.25) is 18.6 Å². The molecule has 26 heavy (non-hydrogen) atoms. The lowest BCUT2D eigenvalue weighted by molar-refractivity contribution is -0.141. The van der Waals surface area contributed by atoms with Crippen LogP contribution in [0.25, 0.3) is 0 Å². The number of rotatable bonds is 6. The van der Waals surface area contributed by atoms with Crippen LogP contribution < -0.4 is 20.1 Å². The van der Waals surface area contributed by atoms with E-state index in [1.807, 2.05) is 18.2 Å². The van der Waals surface area contributed by atoms with E-state index < -0.39 is 5.41 Å². The van der Waals surface area contributed by atoms with Crippen molar-refractivity contribution in [2.75, 3.05) is 6.79 Å². The van der Waals surface area contributed by atoms with Gasteiger partial charge in [0, 0.05) is 25.5 Å². The predicted octanol–water partition coefficient (Wildman–Crippen LogP) is 1.77. The van der Waals surface area contributed by atoms with Gasteiger partial charge in [-0.2, -0.15) is 0 Å². The molecule has 0 unspecified atom stereocenters. The minimum atomic E-state index is -1.20. The summed E-state index contributed by atoms with van der Waals surface area (Å²) in [5.74, 6) is 0.656. The Morgan fingerprint density at radius 2 is 1.73 bits per heavy atom. The summed E-state index contributed by atoms with van der Waals surface area (Å²) in [6, 6.07) is 9.13. The average Bonchev–Trinajstić information content (AvgIpc) is 3.12. The highest BCUT2D eigenvalue weighted by molar-refractivity contribution is 6.04. The van der Waals surface area contributed by atoms with Crippen molar-refractivity contribution >= 4 is 11.8 Å². The fourth-order valence-corrected chi connectivity index (χ4v) is 2.46. The Bertz CT molecular complexity index is 806. The second-order valence-corrected chi connectivity index (χ2v) is 6.54. The van der Waals surface area contributed by atoms with Gasteiger partial charge < -0.3 is 20.1 Å². The Morgan fingerprint density at radius 3 is 2.42 bits per heavy atom. The molecule has 1 aliphatic heterocycles. The lowest BCUT2D eigenvalue weighted by atomic mass is 9.91. The summed E-state index contributed by atoms with van der Waals surface area (Å²) in [5, 5.41) is 5.58. The summed E-state index contributed by atoms with van der Waals surface area (Å²) in [6.45, 7) is 4.02. The van der Waals surface area contributed by atoms with E-state index in [0.717, 1.165) is 11.1 Å². The van der Waals surface area contributed by atoms with Crippen LogP contribution in [-0.4, -0.2) is 23.6 Å². The van der Waals surface area contributed by atoms with Crippen LogP contribution in [0.5, 0.6) is 11.5 Å². The van der Waals surface area contributed by atoms with E-state index in [4.69, 9.17) is 9.47 Å². The number of fused-ring (bicyclic) bond motifs is 1. The van der Waals surface area contributed by atoms with Crippen molar-refractivity contribution in [2.24, 2.45) is 5.41 Å². The molecule has 0 fully saturated rings. The fourth-order valence-electron chi connectivity index (χ4n) is 2.46. The summed E-state index contributed by atoms with van der Waals surface area (Å²) in [4.78, 5) is 28.9. The highest BCUT2D eigenvalue weighted by atomic mass is 16.7. The normalized spacial score (nSPS) is 12.5. The molecule has 2 heterocycles. The van der Waals surface area contributed by atoms with E-state index in [0.29, 0.717) is 24.6 Å². The van der Waals surface area contributed by atoms with Crippen molar-refractivity contribution < 1.29 is 19.1 Å². The van der Waals surface area contributed by atoms with Crippen molar-refractivity contribution in [3.05, 3.63) is 53.9 Å². The lowest BCUT2D eigenvalue weighted by Crippen LogP contribution is -2.47. The minimum Gasteiger partial charge on any atom is -0.454 e. The summed E-state index contributed by atoms with van der Waals surface area (Å²) in [5.41, 5.74) is 0.546. The number of hydrogen-bond acceptors (Lipinski definition) is 5. The zero-order chi connectivity index (χ0) is 18.6. The zero-order valence-electron chi connectivity index (χ0n) is 14.7. The maximum atomic E-state index is 12.5. The van der Waals surface area contributed by atoms with Gasteiger partial charge in [-0.3, -0.25) is 14.6 Å². The van der Waals surface area contributed by atoms with Gasteiger partial charge >= 0.3 is 0 Å². The number of ether oxygens (including phenoxy) is 2. The van der Waals surface area contributed by atoms with Gasteiger partial charge in [0.05, 0.1) is 0 Å². The number of aromatic nitrogens is 1. The summed E-state index contributed by atoms with van der Waals surface area (Å²) >= 11 is 0. The van der Waals surface area contributed by atoms with Crippen LogP contribution in [0.15, 0.2) is 42.7 Å². The third-order valence-corrected chi connectivity index (χ3v) is 4.20. The molecule has 0 aliphatic carbocycles. The van der Waals surface area contributed by atoms with E-state index in [1.54, 1.807) is 38.4 Å². The first-order valence-electron chi connectivity index (χ1n) is 8.31. The van der Waals surface area contributed by atoms with Gasteiger partial charge in [0.25, 0.3) is 0 Å². The molecule has 7 nitrogen and oxygen atoms in total. The Balaban J connectivity index is 1.54. The monoisotopic (exact) mass is 355 g/mol. The minimum absolute atomic E-state index is 0.204. The molecule has 0 atom stereocenters. The van der Waals surface area contributed by atoms with Crippen LogP contribution >= 0.6 is 0 Å². The third-order valence-electron chi connectivity index (χ3n) is 4.20. The number of nitrogens with zero attached hydrogens (tertiary/aromatic N) is 1. The SMILES string of the molecule is CC(C)(C(=O)NCc1cccnc1)C(=O)NCc1ccc2c(c1)OCO2. The van der Waals surface area contributed by atoms with Gasteiger partial charge in [-0.05, 0) is 43.2 Å².